The van der Waals surface area contributed by atoms with Crippen LogP contribution in [0.1, 0.15) is 27.2 Å². The van der Waals surface area contributed by atoms with Crippen molar-refractivity contribution in [1.29, 1.82) is 0 Å². The lowest BCUT2D eigenvalue weighted by atomic mass is 10.1. The van der Waals surface area contributed by atoms with Crippen LogP contribution >= 0.6 is 0 Å². The van der Waals surface area contributed by atoms with Gasteiger partial charge in [-0.2, -0.15) is 0 Å². The number of ether oxygens (including phenoxy) is 1. The molecular formula is C22H21N3O8S. The molecule has 1 aromatic heterocycles. The first-order valence-corrected chi connectivity index (χ1v) is 11.4. The largest absolute Gasteiger partial charge is 0.468 e. The van der Waals surface area contributed by atoms with E-state index in [4.69, 9.17) is 9.15 Å². The maximum Gasteiger partial charge on any atom is 0.338 e. The van der Waals surface area contributed by atoms with Crippen molar-refractivity contribution in [1.82, 2.24) is 4.72 Å². The second kappa shape index (κ2) is 10.3. The Balaban J connectivity index is 1.66. The van der Waals surface area contributed by atoms with E-state index in [0.29, 0.717) is 16.9 Å². The summed E-state index contributed by atoms with van der Waals surface area (Å²) >= 11 is 0. The van der Waals surface area contributed by atoms with Gasteiger partial charge < -0.3 is 14.5 Å². The molecule has 1 heterocycles. The second-order valence-electron chi connectivity index (χ2n) is 7.26. The third kappa shape index (κ3) is 6.05. The number of nitro groups is 1. The number of hydrogen-bond acceptors (Lipinski definition) is 8. The second-order valence-corrected chi connectivity index (χ2v) is 9.03. The molecule has 2 N–H and O–H groups in total. The number of non-ortho nitro benzene ring substituents is 1. The van der Waals surface area contributed by atoms with Crippen LogP contribution in [-0.2, 0) is 26.1 Å². The lowest BCUT2D eigenvalue weighted by Crippen LogP contribution is -2.24. The fourth-order valence-electron chi connectivity index (χ4n) is 2.90. The number of carbonyl (C=O) groups excluding carboxylic acids is 2. The van der Waals surface area contributed by atoms with Crippen molar-refractivity contribution in [2.45, 2.75) is 25.3 Å². The summed E-state index contributed by atoms with van der Waals surface area (Å²) < 4.78 is 37.6. The number of rotatable bonds is 9. The molecule has 0 aliphatic heterocycles. The summed E-state index contributed by atoms with van der Waals surface area (Å²) in [7, 11) is -3.95. The number of nitrogens with zero attached hydrogens (tertiary/aromatic N) is 1. The van der Waals surface area contributed by atoms with E-state index in [9.17, 15) is 28.1 Å². The van der Waals surface area contributed by atoms with Gasteiger partial charge in [-0.05, 0) is 49.2 Å². The molecule has 0 saturated carbocycles. The minimum atomic E-state index is -3.95. The number of furan rings is 1. The molecule has 34 heavy (non-hydrogen) atoms. The van der Waals surface area contributed by atoms with E-state index in [-0.39, 0.29) is 28.4 Å². The maximum absolute atomic E-state index is 12.6. The van der Waals surface area contributed by atoms with Crippen molar-refractivity contribution in [2.24, 2.45) is 0 Å². The fraction of sp³-hybridized carbons (Fsp3) is 0.182. The summed E-state index contributed by atoms with van der Waals surface area (Å²) in [5, 5.41) is 13.4. The first kappa shape index (κ1) is 24.6. The average Bonchev–Trinajstić information content (AvgIpc) is 3.31. The van der Waals surface area contributed by atoms with Crippen molar-refractivity contribution in [3.05, 3.63) is 87.4 Å². The van der Waals surface area contributed by atoms with Crippen LogP contribution in [0.5, 0.6) is 0 Å². The van der Waals surface area contributed by atoms with Crippen LogP contribution in [0.25, 0.3) is 0 Å². The van der Waals surface area contributed by atoms with Crippen LogP contribution in [0, 0.1) is 24.0 Å². The predicted molar refractivity (Wildman–Crippen MR) is 121 cm³/mol. The molecular weight excluding hydrogens is 466 g/mol. The molecule has 12 heteroatoms. The Morgan fingerprint density at radius 3 is 2.50 bits per heavy atom. The van der Waals surface area contributed by atoms with Gasteiger partial charge >= 0.3 is 5.97 Å². The number of amides is 1. The van der Waals surface area contributed by atoms with E-state index in [2.05, 4.69) is 10.0 Å². The number of sulfonamides is 1. The van der Waals surface area contributed by atoms with Gasteiger partial charge in [0.1, 0.15) is 5.76 Å². The Morgan fingerprint density at radius 2 is 1.82 bits per heavy atom. The molecule has 0 radical (unpaired) electrons. The van der Waals surface area contributed by atoms with Crippen LogP contribution in [0.2, 0.25) is 0 Å². The first-order chi connectivity index (χ1) is 16.1. The number of carbonyl (C=O) groups is 2. The molecule has 0 aliphatic rings. The number of aryl methyl sites for hydroxylation is 2. The van der Waals surface area contributed by atoms with Crippen molar-refractivity contribution in [3.63, 3.8) is 0 Å². The zero-order chi connectivity index (χ0) is 24.9. The third-order valence-electron chi connectivity index (χ3n) is 4.80. The van der Waals surface area contributed by atoms with Gasteiger partial charge in [0.15, 0.2) is 6.61 Å². The Bertz CT molecular complexity index is 1330. The monoisotopic (exact) mass is 487 g/mol. The van der Waals surface area contributed by atoms with Crippen LogP contribution in [0.3, 0.4) is 0 Å². The highest BCUT2D eigenvalue weighted by Crippen LogP contribution is 2.22. The predicted octanol–water partition coefficient (Wildman–Crippen LogP) is 3.08. The number of anilines is 1. The summed E-state index contributed by atoms with van der Waals surface area (Å²) in [5.41, 5.74) is 1.01. The number of benzene rings is 2. The summed E-state index contributed by atoms with van der Waals surface area (Å²) in [6, 6.07) is 11.2. The Kier molecular flexibility index (Phi) is 7.44. The van der Waals surface area contributed by atoms with Crippen LogP contribution in [0.15, 0.2) is 64.1 Å². The minimum Gasteiger partial charge on any atom is -0.468 e. The van der Waals surface area contributed by atoms with Gasteiger partial charge in [0.25, 0.3) is 11.6 Å². The molecule has 178 valence electrons. The van der Waals surface area contributed by atoms with Gasteiger partial charge in [0.05, 0.1) is 33.9 Å². The molecule has 1 amide bonds. The lowest BCUT2D eigenvalue weighted by molar-refractivity contribution is -0.384. The summed E-state index contributed by atoms with van der Waals surface area (Å²) in [6.45, 7) is 2.50. The molecule has 0 spiro atoms. The number of nitrogens with one attached hydrogen (secondary N) is 2. The summed E-state index contributed by atoms with van der Waals surface area (Å²) in [4.78, 5) is 34.9. The van der Waals surface area contributed by atoms with E-state index >= 15 is 0 Å². The van der Waals surface area contributed by atoms with Crippen molar-refractivity contribution >= 4 is 33.3 Å². The Morgan fingerprint density at radius 1 is 1.09 bits per heavy atom. The average molecular weight is 487 g/mol. The molecule has 0 fully saturated rings. The molecule has 0 unspecified atom stereocenters. The molecule has 0 aliphatic carbocycles. The highest BCUT2D eigenvalue weighted by atomic mass is 32.2. The standard InChI is InChI=1S/C22H21N3O8S/c1-14-6-8-18(34(30,31)23-12-17-4-3-9-32-17)11-19(14)22(27)33-13-21(26)24-20-10-16(25(28)29)7-5-15(20)2/h3-11,23H,12-13H2,1-2H3,(H,24,26). The number of nitro benzene ring substituents is 1. The Hall–Kier alpha value is -4.03. The molecule has 3 aromatic rings. The number of esters is 1. The van der Waals surface area contributed by atoms with Crippen molar-refractivity contribution in [2.75, 3.05) is 11.9 Å². The highest BCUT2D eigenvalue weighted by molar-refractivity contribution is 7.89. The van der Waals surface area contributed by atoms with E-state index in [1.54, 1.807) is 26.0 Å². The topological polar surface area (TPSA) is 158 Å². The quantitative estimate of drug-likeness (QED) is 0.265. The van der Waals surface area contributed by atoms with Gasteiger partial charge in [-0.1, -0.05) is 12.1 Å². The van der Waals surface area contributed by atoms with Gasteiger partial charge in [-0.3, -0.25) is 14.9 Å². The molecule has 3 rings (SSSR count). The van der Waals surface area contributed by atoms with Gasteiger partial charge in [-0.25, -0.2) is 17.9 Å². The maximum atomic E-state index is 12.6. The summed E-state index contributed by atoms with van der Waals surface area (Å²) in [5.74, 6) is -1.19. The molecule has 0 atom stereocenters. The lowest BCUT2D eigenvalue weighted by Gasteiger charge is -2.11. The minimum absolute atomic E-state index is 0.0276. The van der Waals surface area contributed by atoms with Crippen LogP contribution in [0.4, 0.5) is 11.4 Å². The third-order valence-corrected chi connectivity index (χ3v) is 6.20. The van der Waals surface area contributed by atoms with E-state index in [1.165, 1.54) is 36.6 Å². The van der Waals surface area contributed by atoms with Crippen LogP contribution < -0.4 is 10.0 Å². The van der Waals surface area contributed by atoms with Gasteiger partial charge in [0, 0.05) is 12.1 Å². The van der Waals surface area contributed by atoms with Gasteiger partial charge in [0.2, 0.25) is 10.0 Å². The Labute approximate surface area is 194 Å². The van der Waals surface area contributed by atoms with E-state index in [1.807, 2.05) is 0 Å². The fourth-order valence-corrected chi connectivity index (χ4v) is 3.92. The molecule has 0 bridgehead atoms. The summed E-state index contributed by atoms with van der Waals surface area (Å²) in [6.07, 6.45) is 1.42. The molecule has 0 saturated heterocycles. The van der Waals surface area contributed by atoms with Crippen molar-refractivity contribution in [3.8, 4) is 0 Å². The van der Waals surface area contributed by atoms with Gasteiger partial charge in [-0.15, -0.1) is 0 Å². The van der Waals surface area contributed by atoms with Crippen LogP contribution in [-0.4, -0.2) is 31.8 Å². The molecule has 2 aromatic carbocycles. The normalized spacial score (nSPS) is 11.1. The number of hydrogen-bond donors (Lipinski definition) is 2. The van der Waals surface area contributed by atoms with E-state index < -0.39 is 33.4 Å². The highest BCUT2D eigenvalue weighted by Gasteiger charge is 2.20. The zero-order valence-electron chi connectivity index (χ0n) is 18.2. The SMILES string of the molecule is Cc1ccc([N+](=O)[O-])cc1NC(=O)COC(=O)c1cc(S(=O)(=O)NCc2ccco2)ccc1C. The molecule has 11 nitrogen and oxygen atoms in total. The van der Waals surface area contributed by atoms with E-state index in [0.717, 1.165) is 6.07 Å². The smallest absolute Gasteiger partial charge is 0.338 e. The van der Waals surface area contributed by atoms with Crippen molar-refractivity contribution < 1.29 is 32.1 Å². The zero-order valence-corrected chi connectivity index (χ0v) is 19.0. The first-order valence-electron chi connectivity index (χ1n) is 9.91.